The molecule has 0 fully saturated rings. The number of rotatable bonds is 2. The highest BCUT2D eigenvalue weighted by molar-refractivity contribution is 6.29. The van der Waals surface area contributed by atoms with Crippen molar-refractivity contribution in [2.24, 2.45) is 0 Å². The fraction of sp³-hybridized carbons (Fsp3) is 0.667. The van der Waals surface area contributed by atoms with Crippen molar-refractivity contribution >= 4 is 11.6 Å². The highest BCUT2D eigenvalue weighted by Gasteiger charge is 1.82. The van der Waals surface area contributed by atoms with E-state index in [0.717, 1.165) is 17.9 Å². The Morgan fingerprint density at radius 1 is 1.71 bits per heavy atom. The Hall–Kier alpha value is 0.0300. The maximum atomic E-state index is 5.63. The van der Waals surface area contributed by atoms with E-state index in [4.69, 9.17) is 11.6 Å². The maximum Gasteiger partial charge on any atom is 0.0138 e. The summed E-state index contributed by atoms with van der Waals surface area (Å²) in [6.45, 7) is 4.07. The van der Waals surface area contributed by atoms with Crippen LogP contribution in [0, 0.1) is 0 Å². The van der Waals surface area contributed by atoms with Crippen LogP contribution in [0.3, 0.4) is 0 Å². The number of allylic oxidation sites excluding steroid dienone is 2. The topological polar surface area (TPSA) is 0 Å². The first kappa shape index (κ1) is 7.03. The minimum absolute atomic E-state index is 0.975. The molecule has 0 aliphatic rings. The van der Waals surface area contributed by atoms with Crippen LogP contribution in [0.15, 0.2) is 11.1 Å². The molecule has 0 aliphatic carbocycles. The average Bonchev–Trinajstić information content (AvgIpc) is 1.68. The minimum Gasteiger partial charge on any atom is -0.0895 e. The Balaban J connectivity index is 3.17. The molecule has 0 bridgehead atoms. The average molecular weight is 119 g/mol. The van der Waals surface area contributed by atoms with Gasteiger partial charge in [-0.15, -0.1) is 0 Å². The highest BCUT2D eigenvalue weighted by atomic mass is 35.5. The highest BCUT2D eigenvalue weighted by Crippen LogP contribution is 2.07. The largest absolute Gasteiger partial charge is 0.0895 e. The van der Waals surface area contributed by atoms with Gasteiger partial charge in [-0.1, -0.05) is 31.0 Å². The summed E-state index contributed by atoms with van der Waals surface area (Å²) < 4.78 is 0. The first-order valence-electron chi connectivity index (χ1n) is 2.62. The van der Waals surface area contributed by atoms with Gasteiger partial charge in [-0.05, 0) is 13.3 Å². The van der Waals surface area contributed by atoms with Crippen molar-refractivity contribution in [1.82, 2.24) is 0 Å². The minimum atomic E-state index is 0.975. The molecule has 0 aliphatic heterocycles. The Morgan fingerprint density at radius 3 is 2.43 bits per heavy atom. The quantitative estimate of drug-likeness (QED) is 0.523. The first-order chi connectivity index (χ1) is 3.31. The van der Waals surface area contributed by atoms with Crippen LogP contribution in [0.2, 0.25) is 0 Å². The molecule has 0 aromatic heterocycles. The van der Waals surface area contributed by atoms with Gasteiger partial charge >= 0.3 is 0 Å². The van der Waals surface area contributed by atoms with E-state index < -0.39 is 0 Å². The summed E-state index contributed by atoms with van der Waals surface area (Å²) in [5, 5.41) is 0.975. The monoisotopic (exact) mass is 118 g/mol. The Bertz CT molecular complexity index is 64.6. The summed E-state index contributed by atoms with van der Waals surface area (Å²) in [6.07, 6.45) is 4.10. The van der Waals surface area contributed by atoms with Crippen LogP contribution in [0.1, 0.15) is 26.7 Å². The van der Waals surface area contributed by atoms with Gasteiger partial charge in [-0.25, -0.2) is 0 Å². The summed E-state index contributed by atoms with van der Waals surface area (Å²) in [5.74, 6) is 0. The number of halogens is 1. The third kappa shape index (κ3) is 3.87. The van der Waals surface area contributed by atoms with Gasteiger partial charge in [0.15, 0.2) is 0 Å². The van der Waals surface area contributed by atoms with E-state index >= 15 is 0 Å². The SMILES string of the molecule is C/C=C(\Cl)CCC. The van der Waals surface area contributed by atoms with Gasteiger partial charge in [0.2, 0.25) is 0 Å². The molecule has 0 spiro atoms. The predicted octanol–water partition coefficient (Wildman–Crippen LogP) is 2.93. The van der Waals surface area contributed by atoms with Crippen LogP contribution in [0.5, 0.6) is 0 Å². The van der Waals surface area contributed by atoms with E-state index in [0.29, 0.717) is 0 Å². The summed E-state index contributed by atoms with van der Waals surface area (Å²) in [5.41, 5.74) is 0. The molecular weight excluding hydrogens is 108 g/mol. The van der Waals surface area contributed by atoms with Crippen LogP contribution >= 0.6 is 11.6 Å². The molecule has 0 saturated heterocycles. The molecule has 1 heteroatoms. The van der Waals surface area contributed by atoms with E-state index in [1.165, 1.54) is 0 Å². The lowest BCUT2D eigenvalue weighted by Gasteiger charge is -1.88. The van der Waals surface area contributed by atoms with Gasteiger partial charge in [-0.2, -0.15) is 0 Å². The molecule has 0 rings (SSSR count). The van der Waals surface area contributed by atoms with Crippen molar-refractivity contribution in [3.05, 3.63) is 11.1 Å². The molecule has 0 saturated carbocycles. The van der Waals surface area contributed by atoms with Crippen molar-refractivity contribution < 1.29 is 0 Å². The number of hydrogen-bond donors (Lipinski definition) is 0. The smallest absolute Gasteiger partial charge is 0.0138 e. The third-order valence-electron chi connectivity index (χ3n) is 0.802. The van der Waals surface area contributed by atoms with Crippen molar-refractivity contribution in [1.29, 1.82) is 0 Å². The van der Waals surface area contributed by atoms with Gasteiger partial charge in [-0.3, -0.25) is 0 Å². The van der Waals surface area contributed by atoms with Gasteiger partial charge in [0.05, 0.1) is 0 Å². The van der Waals surface area contributed by atoms with Gasteiger partial charge in [0.1, 0.15) is 0 Å². The van der Waals surface area contributed by atoms with Crippen molar-refractivity contribution in [2.45, 2.75) is 26.7 Å². The Morgan fingerprint density at radius 2 is 2.29 bits per heavy atom. The van der Waals surface area contributed by atoms with Crippen LogP contribution < -0.4 is 0 Å². The lowest BCUT2D eigenvalue weighted by Crippen LogP contribution is -1.66. The van der Waals surface area contributed by atoms with E-state index in [9.17, 15) is 0 Å². The standard InChI is InChI=1S/C6H11Cl/c1-3-5-6(7)4-2/h4H,3,5H2,1-2H3/b6-4-. The van der Waals surface area contributed by atoms with Crippen LogP contribution in [-0.4, -0.2) is 0 Å². The van der Waals surface area contributed by atoms with Gasteiger partial charge < -0.3 is 0 Å². The maximum absolute atomic E-state index is 5.63. The molecule has 0 aromatic carbocycles. The Labute approximate surface area is 50.2 Å². The summed E-state index contributed by atoms with van der Waals surface area (Å²) >= 11 is 5.63. The fourth-order valence-corrected chi connectivity index (χ4v) is 0.572. The van der Waals surface area contributed by atoms with Crippen LogP contribution in [-0.2, 0) is 0 Å². The first-order valence-corrected chi connectivity index (χ1v) is 2.99. The zero-order chi connectivity index (χ0) is 5.70. The molecule has 7 heavy (non-hydrogen) atoms. The second-order valence-corrected chi connectivity index (χ2v) is 1.97. The predicted molar refractivity (Wildman–Crippen MR) is 34.5 cm³/mol. The molecule has 0 N–H and O–H groups in total. The van der Waals surface area contributed by atoms with E-state index in [1.54, 1.807) is 0 Å². The summed E-state index contributed by atoms with van der Waals surface area (Å²) in [4.78, 5) is 0. The lowest BCUT2D eigenvalue weighted by molar-refractivity contribution is 0.943. The molecule has 42 valence electrons. The zero-order valence-corrected chi connectivity index (χ0v) is 5.63. The Kier molecular flexibility index (Phi) is 4.21. The molecule has 0 unspecified atom stereocenters. The summed E-state index contributed by atoms with van der Waals surface area (Å²) in [6, 6.07) is 0. The second kappa shape index (κ2) is 4.20. The van der Waals surface area contributed by atoms with E-state index in [1.807, 2.05) is 13.0 Å². The molecule has 0 amide bonds. The van der Waals surface area contributed by atoms with E-state index in [-0.39, 0.29) is 0 Å². The second-order valence-electron chi connectivity index (χ2n) is 1.49. The van der Waals surface area contributed by atoms with E-state index in [2.05, 4.69) is 6.92 Å². The molecule has 0 aromatic rings. The van der Waals surface area contributed by atoms with Crippen LogP contribution in [0.4, 0.5) is 0 Å². The van der Waals surface area contributed by atoms with Crippen molar-refractivity contribution in [3.8, 4) is 0 Å². The van der Waals surface area contributed by atoms with Crippen molar-refractivity contribution in [3.63, 3.8) is 0 Å². The van der Waals surface area contributed by atoms with Gasteiger partial charge in [0, 0.05) is 5.03 Å². The number of hydrogen-bond acceptors (Lipinski definition) is 0. The third-order valence-corrected chi connectivity index (χ3v) is 1.21. The molecule has 0 heterocycles. The molecular formula is C6H11Cl. The lowest BCUT2D eigenvalue weighted by atomic mass is 10.3. The zero-order valence-electron chi connectivity index (χ0n) is 4.87. The van der Waals surface area contributed by atoms with Crippen molar-refractivity contribution in [2.75, 3.05) is 0 Å². The normalized spacial score (nSPS) is 12.1. The molecule has 0 nitrogen and oxygen atoms in total. The van der Waals surface area contributed by atoms with Crippen LogP contribution in [0.25, 0.3) is 0 Å². The summed E-state index contributed by atoms with van der Waals surface area (Å²) in [7, 11) is 0. The molecule has 0 atom stereocenters. The van der Waals surface area contributed by atoms with Gasteiger partial charge in [0.25, 0.3) is 0 Å². The fourth-order valence-electron chi connectivity index (χ4n) is 0.383. The molecule has 0 radical (unpaired) electrons.